The molecule has 0 radical (unpaired) electrons. The van der Waals surface area contributed by atoms with E-state index in [0.29, 0.717) is 22.7 Å². The number of ether oxygens (including phenoxy) is 2. The molecule has 130 valence electrons. The fraction of sp³-hybridized carbons (Fsp3) is 0.235. The quantitative estimate of drug-likeness (QED) is 0.649. The molecule has 0 aliphatic carbocycles. The number of hydrogen-bond donors (Lipinski definition) is 1. The largest absolute Gasteiger partial charge is 0.486 e. The number of methoxy groups -OCH3 is 1. The van der Waals surface area contributed by atoms with Crippen LogP contribution in [0.5, 0.6) is 5.75 Å². The van der Waals surface area contributed by atoms with Crippen molar-refractivity contribution in [1.29, 1.82) is 0 Å². The molecule has 5 nitrogen and oxygen atoms in total. The van der Waals surface area contributed by atoms with Crippen LogP contribution in [0.2, 0.25) is 5.02 Å². The minimum atomic E-state index is -0.429. The molecule has 0 spiro atoms. The molecule has 0 bridgehead atoms. The van der Waals surface area contributed by atoms with Crippen molar-refractivity contribution in [3.8, 4) is 5.75 Å². The first-order chi connectivity index (χ1) is 11.4. The molecular formula is C17H19ClFNO4. The van der Waals surface area contributed by atoms with Crippen LogP contribution in [0.15, 0.2) is 36.4 Å². The standard InChI is InChI=1S/C15H15ClFNO2.C2H4O2/c1-10-6-7-13(17)15(8-10)20-9-11-12(16)4-3-5-14(11)18(2)19;1-4-2-3/h3-8,19H,9H2,1-2H3;2H,1H3. The zero-order valence-electron chi connectivity index (χ0n) is 13.6. The molecule has 2 aromatic rings. The van der Waals surface area contributed by atoms with Crippen LogP contribution in [0, 0.1) is 12.7 Å². The third-order valence-corrected chi connectivity index (χ3v) is 3.35. The highest BCUT2D eigenvalue weighted by Gasteiger charge is 2.12. The lowest BCUT2D eigenvalue weighted by atomic mass is 10.2. The molecule has 0 aliphatic heterocycles. The number of hydrogen-bond acceptors (Lipinski definition) is 5. The van der Waals surface area contributed by atoms with E-state index < -0.39 is 5.82 Å². The van der Waals surface area contributed by atoms with Gasteiger partial charge in [-0.3, -0.25) is 15.1 Å². The van der Waals surface area contributed by atoms with Crippen molar-refractivity contribution in [2.24, 2.45) is 0 Å². The number of hydroxylamine groups is 1. The molecule has 2 aromatic carbocycles. The highest BCUT2D eigenvalue weighted by molar-refractivity contribution is 6.31. The van der Waals surface area contributed by atoms with Crippen LogP contribution in [-0.2, 0) is 16.1 Å². The minimum Gasteiger partial charge on any atom is -0.486 e. The Balaban J connectivity index is 0.000000648. The summed E-state index contributed by atoms with van der Waals surface area (Å²) in [6.45, 7) is 2.30. The summed E-state index contributed by atoms with van der Waals surface area (Å²) in [7, 11) is 2.80. The predicted molar refractivity (Wildman–Crippen MR) is 90.2 cm³/mol. The van der Waals surface area contributed by atoms with Gasteiger partial charge in [-0.15, -0.1) is 0 Å². The highest BCUT2D eigenvalue weighted by atomic mass is 35.5. The van der Waals surface area contributed by atoms with E-state index in [-0.39, 0.29) is 12.4 Å². The lowest BCUT2D eigenvalue weighted by molar-refractivity contribution is -0.126. The topological polar surface area (TPSA) is 59.0 Å². The first-order valence-corrected chi connectivity index (χ1v) is 7.33. The van der Waals surface area contributed by atoms with Gasteiger partial charge in [-0.05, 0) is 36.8 Å². The first-order valence-electron chi connectivity index (χ1n) is 6.96. The normalized spacial score (nSPS) is 9.58. The Morgan fingerprint density at radius 2 is 2.00 bits per heavy atom. The molecule has 0 heterocycles. The smallest absolute Gasteiger partial charge is 0.292 e. The molecule has 0 atom stereocenters. The maximum Gasteiger partial charge on any atom is 0.292 e. The van der Waals surface area contributed by atoms with Crippen molar-refractivity contribution in [2.75, 3.05) is 19.2 Å². The maximum absolute atomic E-state index is 13.6. The van der Waals surface area contributed by atoms with Crippen molar-refractivity contribution in [1.82, 2.24) is 0 Å². The Kier molecular flexibility index (Phi) is 8.01. The van der Waals surface area contributed by atoms with E-state index in [1.165, 1.54) is 20.2 Å². The summed E-state index contributed by atoms with van der Waals surface area (Å²) < 4.78 is 23.0. The Morgan fingerprint density at radius 1 is 1.33 bits per heavy atom. The fourth-order valence-electron chi connectivity index (χ4n) is 1.86. The molecule has 0 unspecified atom stereocenters. The summed E-state index contributed by atoms with van der Waals surface area (Å²) in [5, 5.41) is 11.0. The van der Waals surface area contributed by atoms with Gasteiger partial charge in [-0.1, -0.05) is 23.7 Å². The molecule has 0 aliphatic rings. The Bertz CT molecular complexity index is 680. The van der Waals surface area contributed by atoms with Gasteiger partial charge in [-0.2, -0.15) is 0 Å². The van der Waals surface area contributed by atoms with Crippen LogP contribution in [0.3, 0.4) is 0 Å². The van der Waals surface area contributed by atoms with Crippen molar-refractivity contribution < 1.29 is 23.9 Å². The Hall–Kier alpha value is -2.31. The van der Waals surface area contributed by atoms with Gasteiger partial charge < -0.3 is 9.47 Å². The molecule has 0 saturated carbocycles. The van der Waals surface area contributed by atoms with E-state index in [0.717, 1.165) is 10.6 Å². The monoisotopic (exact) mass is 355 g/mol. The summed E-state index contributed by atoms with van der Waals surface area (Å²) in [6, 6.07) is 9.77. The first kappa shape index (κ1) is 19.7. The average molecular weight is 356 g/mol. The minimum absolute atomic E-state index is 0.0697. The fourth-order valence-corrected chi connectivity index (χ4v) is 2.09. The van der Waals surface area contributed by atoms with Gasteiger partial charge in [0, 0.05) is 17.6 Å². The van der Waals surface area contributed by atoms with Gasteiger partial charge >= 0.3 is 0 Å². The summed E-state index contributed by atoms with van der Waals surface area (Å²) in [4.78, 5) is 8.95. The van der Waals surface area contributed by atoms with Crippen LogP contribution in [0.25, 0.3) is 0 Å². The zero-order chi connectivity index (χ0) is 18.1. The van der Waals surface area contributed by atoms with E-state index in [4.69, 9.17) is 21.1 Å². The lowest BCUT2D eigenvalue weighted by Crippen LogP contribution is -2.13. The van der Waals surface area contributed by atoms with Crippen molar-refractivity contribution in [3.63, 3.8) is 0 Å². The average Bonchev–Trinajstić information content (AvgIpc) is 2.56. The lowest BCUT2D eigenvalue weighted by Gasteiger charge is -2.17. The van der Waals surface area contributed by atoms with Gasteiger partial charge in [-0.25, -0.2) is 4.39 Å². The van der Waals surface area contributed by atoms with E-state index in [2.05, 4.69) is 4.74 Å². The molecule has 0 saturated heterocycles. The second kappa shape index (κ2) is 9.75. The van der Waals surface area contributed by atoms with Crippen LogP contribution >= 0.6 is 11.6 Å². The van der Waals surface area contributed by atoms with Gasteiger partial charge in [0.25, 0.3) is 6.47 Å². The summed E-state index contributed by atoms with van der Waals surface area (Å²) >= 11 is 6.10. The highest BCUT2D eigenvalue weighted by Crippen LogP contribution is 2.28. The number of benzene rings is 2. The molecule has 24 heavy (non-hydrogen) atoms. The molecule has 7 heteroatoms. The number of carbonyl (C=O) groups is 1. The number of halogens is 2. The van der Waals surface area contributed by atoms with Gasteiger partial charge in [0.1, 0.15) is 6.61 Å². The van der Waals surface area contributed by atoms with E-state index >= 15 is 0 Å². The van der Waals surface area contributed by atoms with Crippen molar-refractivity contribution in [2.45, 2.75) is 13.5 Å². The molecular weight excluding hydrogens is 337 g/mol. The van der Waals surface area contributed by atoms with E-state index in [9.17, 15) is 9.60 Å². The van der Waals surface area contributed by atoms with E-state index in [1.807, 2.05) is 6.92 Å². The SMILES string of the molecule is COC=O.Cc1ccc(F)c(OCc2c(Cl)cccc2N(C)O)c1. The molecule has 1 N–H and O–H groups in total. The van der Waals surface area contributed by atoms with Crippen LogP contribution in [0.4, 0.5) is 10.1 Å². The number of nitrogens with zero attached hydrogens (tertiary/aromatic N) is 1. The van der Waals surface area contributed by atoms with Gasteiger partial charge in [0.15, 0.2) is 11.6 Å². The third-order valence-electron chi connectivity index (χ3n) is 3.00. The maximum atomic E-state index is 13.6. The summed E-state index contributed by atoms with van der Waals surface area (Å²) in [5.41, 5.74) is 2.02. The van der Waals surface area contributed by atoms with Gasteiger partial charge in [0.05, 0.1) is 12.8 Å². The van der Waals surface area contributed by atoms with Crippen molar-refractivity contribution in [3.05, 3.63) is 58.4 Å². The third kappa shape index (κ3) is 5.72. The van der Waals surface area contributed by atoms with Crippen LogP contribution in [-0.4, -0.2) is 25.8 Å². The molecule has 0 aromatic heterocycles. The Labute approximate surface area is 145 Å². The summed E-state index contributed by atoms with van der Waals surface area (Å²) in [6.07, 6.45) is 0. The molecule has 0 fully saturated rings. The number of aryl methyl sites for hydroxylation is 1. The van der Waals surface area contributed by atoms with Crippen LogP contribution in [0.1, 0.15) is 11.1 Å². The second-order valence-corrected chi connectivity index (χ2v) is 5.22. The zero-order valence-corrected chi connectivity index (χ0v) is 14.4. The number of carbonyl (C=O) groups excluding carboxylic acids is 1. The number of rotatable bonds is 5. The predicted octanol–water partition coefficient (Wildman–Crippen LogP) is 3.98. The number of anilines is 1. The van der Waals surface area contributed by atoms with E-state index in [1.54, 1.807) is 30.3 Å². The van der Waals surface area contributed by atoms with Gasteiger partial charge in [0.2, 0.25) is 0 Å². The molecule has 0 amide bonds. The van der Waals surface area contributed by atoms with Crippen molar-refractivity contribution >= 4 is 23.8 Å². The summed E-state index contributed by atoms with van der Waals surface area (Å²) in [5.74, 6) is -0.266. The second-order valence-electron chi connectivity index (χ2n) is 4.82. The molecule has 2 rings (SSSR count). The van der Waals surface area contributed by atoms with Crippen LogP contribution < -0.4 is 9.80 Å². The Morgan fingerprint density at radius 3 is 2.58 bits per heavy atom.